The third-order valence-corrected chi connectivity index (χ3v) is 5.04. The third-order valence-electron chi connectivity index (χ3n) is 5.04. The quantitative estimate of drug-likeness (QED) is 0.826. The summed E-state index contributed by atoms with van der Waals surface area (Å²) in [6.45, 7) is 3.44. The minimum absolute atomic E-state index is 0.00366. The first-order chi connectivity index (χ1) is 12.8. The Bertz CT molecular complexity index is 746. The average molecular weight is 352 g/mol. The molecule has 0 bridgehead atoms. The molecule has 4 rings (SSSR count). The van der Waals surface area contributed by atoms with Crippen molar-refractivity contribution < 1.29 is 9.53 Å². The molecule has 1 amide bonds. The Morgan fingerprint density at radius 1 is 1.12 bits per heavy atom. The highest BCUT2D eigenvalue weighted by Crippen LogP contribution is 2.23. The molecule has 2 aliphatic heterocycles. The van der Waals surface area contributed by atoms with Gasteiger partial charge in [-0.1, -0.05) is 30.3 Å². The Morgan fingerprint density at radius 2 is 1.92 bits per heavy atom. The Labute approximate surface area is 153 Å². The van der Waals surface area contributed by atoms with Gasteiger partial charge in [0.25, 0.3) is 0 Å². The maximum atomic E-state index is 12.5. The van der Waals surface area contributed by atoms with Crippen LogP contribution in [0.15, 0.2) is 42.7 Å². The summed E-state index contributed by atoms with van der Waals surface area (Å²) in [6.07, 6.45) is 5.26. The first-order valence-corrected chi connectivity index (χ1v) is 9.33. The second-order valence-electron chi connectivity index (χ2n) is 6.94. The SMILES string of the molecule is O=C(Cc1ccccc1)N1CCC(Oc2cc(N3CCCC3)ncn2)C1. The molecule has 2 aliphatic rings. The van der Waals surface area contributed by atoms with Crippen LogP contribution < -0.4 is 9.64 Å². The summed E-state index contributed by atoms with van der Waals surface area (Å²) < 4.78 is 6.03. The summed E-state index contributed by atoms with van der Waals surface area (Å²) in [6, 6.07) is 11.8. The molecule has 0 N–H and O–H groups in total. The van der Waals surface area contributed by atoms with Crippen LogP contribution in [0.3, 0.4) is 0 Å². The van der Waals surface area contributed by atoms with Gasteiger partial charge in [0, 0.05) is 32.1 Å². The van der Waals surface area contributed by atoms with Gasteiger partial charge in [-0.3, -0.25) is 4.79 Å². The smallest absolute Gasteiger partial charge is 0.227 e. The van der Waals surface area contributed by atoms with Gasteiger partial charge in [0.15, 0.2) is 0 Å². The fourth-order valence-corrected chi connectivity index (χ4v) is 3.62. The van der Waals surface area contributed by atoms with Crippen molar-refractivity contribution in [2.24, 2.45) is 0 Å². The van der Waals surface area contributed by atoms with Crippen LogP contribution in [-0.4, -0.2) is 53.1 Å². The van der Waals surface area contributed by atoms with E-state index in [9.17, 15) is 4.79 Å². The van der Waals surface area contributed by atoms with Crippen molar-refractivity contribution in [2.45, 2.75) is 31.8 Å². The standard InChI is InChI=1S/C20H24N4O2/c25-20(12-16-6-2-1-3-7-16)24-11-8-17(14-24)26-19-13-18(21-15-22-19)23-9-4-5-10-23/h1-3,6-7,13,15,17H,4-5,8-12,14H2. The fraction of sp³-hybridized carbons (Fsp3) is 0.450. The molecule has 3 heterocycles. The summed E-state index contributed by atoms with van der Waals surface area (Å²) in [7, 11) is 0. The molecule has 1 atom stereocenters. The van der Waals surface area contributed by atoms with Gasteiger partial charge in [0.1, 0.15) is 18.2 Å². The third kappa shape index (κ3) is 3.95. The molecular weight excluding hydrogens is 328 g/mol. The van der Waals surface area contributed by atoms with E-state index in [1.165, 1.54) is 12.8 Å². The summed E-state index contributed by atoms with van der Waals surface area (Å²) in [4.78, 5) is 25.2. The molecule has 0 saturated carbocycles. The lowest BCUT2D eigenvalue weighted by Gasteiger charge is -2.19. The lowest BCUT2D eigenvalue weighted by Crippen LogP contribution is -2.32. The van der Waals surface area contributed by atoms with Crippen LogP contribution in [0.1, 0.15) is 24.8 Å². The van der Waals surface area contributed by atoms with E-state index in [0.717, 1.165) is 37.4 Å². The van der Waals surface area contributed by atoms with Crippen molar-refractivity contribution in [2.75, 3.05) is 31.1 Å². The zero-order valence-electron chi connectivity index (χ0n) is 14.9. The zero-order valence-corrected chi connectivity index (χ0v) is 14.9. The molecule has 0 radical (unpaired) electrons. The van der Waals surface area contributed by atoms with Crippen LogP contribution in [0.25, 0.3) is 0 Å². The van der Waals surface area contributed by atoms with Gasteiger partial charge in [-0.15, -0.1) is 0 Å². The Kier molecular flexibility index (Phi) is 5.00. The highest BCUT2D eigenvalue weighted by molar-refractivity contribution is 5.79. The first-order valence-electron chi connectivity index (χ1n) is 9.33. The number of ether oxygens (including phenoxy) is 1. The van der Waals surface area contributed by atoms with Gasteiger partial charge in [-0.25, -0.2) is 9.97 Å². The van der Waals surface area contributed by atoms with Crippen LogP contribution in [-0.2, 0) is 11.2 Å². The zero-order chi connectivity index (χ0) is 17.8. The second kappa shape index (κ2) is 7.72. The van der Waals surface area contributed by atoms with Crippen molar-refractivity contribution in [1.29, 1.82) is 0 Å². The molecule has 2 aromatic rings. The summed E-state index contributed by atoms with van der Waals surface area (Å²) in [5.41, 5.74) is 1.05. The van der Waals surface area contributed by atoms with E-state index < -0.39 is 0 Å². The minimum atomic E-state index is -0.00366. The first kappa shape index (κ1) is 16.8. The van der Waals surface area contributed by atoms with E-state index >= 15 is 0 Å². The average Bonchev–Trinajstić information content (AvgIpc) is 3.35. The normalized spacial score (nSPS) is 19.8. The monoisotopic (exact) mass is 352 g/mol. The van der Waals surface area contributed by atoms with E-state index in [1.54, 1.807) is 6.33 Å². The van der Waals surface area contributed by atoms with Crippen molar-refractivity contribution >= 4 is 11.7 Å². The maximum absolute atomic E-state index is 12.5. The predicted octanol–water partition coefficient (Wildman–Crippen LogP) is 2.30. The van der Waals surface area contributed by atoms with Crippen LogP contribution in [0.5, 0.6) is 5.88 Å². The van der Waals surface area contributed by atoms with Crippen LogP contribution >= 0.6 is 0 Å². The highest BCUT2D eigenvalue weighted by Gasteiger charge is 2.28. The predicted molar refractivity (Wildman–Crippen MR) is 99.2 cm³/mol. The number of anilines is 1. The number of aromatic nitrogens is 2. The Morgan fingerprint density at radius 3 is 2.73 bits per heavy atom. The van der Waals surface area contributed by atoms with Crippen molar-refractivity contribution in [3.05, 3.63) is 48.3 Å². The molecule has 136 valence electrons. The number of likely N-dealkylation sites (tertiary alicyclic amines) is 1. The van der Waals surface area contributed by atoms with Crippen molar-refractivity contribution in [3.8, 4) is 5.88 Å². The summed E-state index contributed by atoms with van der Waals surface area (Å²) >= 11 is 0. The molecule has 0 spiro atoms. The second-order valence-corrected chi connectivity index (χ2v) is 6.94. The Balaban J connectivity index is 1.33. The van der Waals surface area contributed by atoms with E-state index in [1.807, 2.05) is 41.3 Å². The number of hydrogen-bond acceptors (Lipinski definition) is 5. The largest absolute Gasteiger partial charge is 0.472 e. The topological polar surface area (TPSA) is 58.6 Å². The summed E-state index contributed by atoms with van der Waals surface area (Å²) in [5.74, 6) is 1.69. The van der Waals surface area contributed by atoms with E-state index in [4.69, 9.17) is 4.74 Å². The van der Waals surface area contributed by atoms with Gasteiger partial charge in [-0.05, 0) is 18.4 Å². The number of rotatable bonds is 5. The lowest BCUT2D eigenvalue weighted by atomic mass is 10.1. The van der Waals surface area contributed by atoms with Gasteiger partial charge < -0.3 is 14.5 Å². The van der Waals surface area contributed by atoms with Gasteiger partial charge in [-0.2, -0.15) is 0 Å². The molecule has 6 nitrogen and oxygen atoms in total. The molecular formula is C20H24N4O2. The van der Waals surface area contributed by atoms with Crippen LogP contribution in [0.4, 0.5) is 5.82 Å². The number of nitrogens with zero attached hydrogens (tertiary/aromatic N) is 4. The Hall–Kier alpha value is -2.63. The lowest BCUT2D eigenvalue weighted by molar-refractivity contribution is -0.129. The maximum Gasteiger partial charge on any atom is 0.227 e. The molecule has 2 saturated heterocycles. The van der Waals surface area contributed by atoms with Crippen molar-refractivity contribution in [3.63, 3.8) is 0 Å². The number of hydrogen-bond donors (Lipinski definition) is 0. The van der Waals surface area contributed by atoms with Gasteiger partial charge >= 0.3 is 0 Å². The fourth-order valence-electron chi connectivity index (χ4n) is 3.62. The molecule has 1 unspecified atom stereocenters. The molecule has 1 aromatic heterocycles. The number of benzene rings is 1. The van der Waals surface area contributed by atoms with Crippen LogP contribution in [0.2, 0.25) is 0 Å². The molecule has 26 heavy (non-hydrogen) atoms. The van der Waals surface area contributed by atoms with E-state index in [0.29, 0.717) is 18.8 Å². The number of carbonyl (C=O) groups excluding carboxylic acids is 1. The number of carbonyl (C=O) groups is 1. The van der Waals surface area contributed by atoms with Gasteiger partial charge in [0.2, 0.25) is 11.8 Å². The summed E-state index contributed by atoms with van der Waals surface area (Å²) in [5, 5.41) is 0. The van der Waals surface area contributed by atoms with Crippen molar-refractivity contribution in [1.82, 2.24) is 14.9 Å². The van der Waals surface area contributed by atoms with Crippen LogP contribution in [0, 0.1) is 0 Å². The molecule has 1 aromatic carbocycles. The van der Waals surface area contributed by atoms with Gasteiger partial charge in [0.05, 0.1) is 13.0 Å². The van der Waals surface area contributed by atoms with E-state index in [2.05, 4.69) is 14.9 Å². The highest BCUT2D eigenvalue weighted by atomic mass is 16.5. The van der Waals surface area contributed by atoms with E-state index in [-0.39, 0.29) is 12.0 Å². The molecule has 6 heteroatoms. The number of amides is 1. The molecule has 0 aliphatic carbocycles. The molecule has 2 fully saturated rings. The minimum Gasteiger partial charge on any atom is -0.472 e.